The number of hydrogen-bond donors (Lipinski definition) is 0. The summed E-state index contributed by atoms with van der Waals surface area (Å²) < 4.78 is 6.75. The fraction of sp³-hybridized carbons (Fsp3) is 0.333. The summed E-state index contributed by atoms with van der Waals surface area (Å²) in [5.74, 6) is -0.211. The van der Waals surface area contributed by atoms with Gasteiger partial charge in [-0.2, -0.15) is 5.10 Å². The molecule has 0 aliphatic rings. The van der Waals surface area contributed by atoms with E-state index in [-0.39, 0.29) is 12.5 Å². The van der Waals surface area contributed by atoms with Crippen molar-refractivity contribution >= 4 is 5.97 Å². The molecule has 1 aromatic carbocycles. The minimum Gasteiger partial charge on any atom is -0.465 e. The zero-order valence-electron chi connectivity index (χ0n) is 11.8. The van der Waals surface area contributed by atoms with Crippen LogP contribution in [0.15, 0.2) is 42.6 Å². The van der Waals surface area contributed by atoms with E-state index in [1.807, 2.05) is 59.2 Å². The number of esters is 1. The summed E-state index contributed by atoms with van der Waals surface area (Å²) in [5, 5.41) is 4.50. The van der Waals surface area contributed by atoms with E-state index < -0.39 is 0 Å². The van der Waals surface area contributed by atoms with Gasteiger partial charge in [0.05, 0.1) is 24.5 Å². The lowest BCUT2D eigenvalue weighted by Crippen LogP contribution is -2.27. The molecule has 2 aromatic rings. The number of aromatic nitrogens is 2. The van der Waals surface area contributed by atoms with Gasteiger partial charge in [0.15, 0.2) is 0 Å². The molecule has 5 nitrogen and oxygen atoms in total. The van der Waals surface area contributed by atoms with Crippen molar-refractivity contribution in [2.75, 3.05) is 20.2 Å². The number of hydrogen-bond acceptors (Lipinski definition) is 4. The third-order valence-electron chi connectivity index (χ3n) is 2.80. The fourth-order valence-corrected chi connectivity index (χ4v) is 1.93. The summed E-state index contributed by atoms with van der Waals surface area (Å²) in [7, 11) is 1.87. The molecule has 0 saturated heterocycles. The van der Waals surface area contributed by atoms with Crippen molar-refractivity contribution in [3.63, 3.8) is 0 Å². The fourth-order valence-electron chi connectivity index (χ4n) is 1.93. The van der Waals surface area contributed by atoms with Crippen LogP contribution in [0, 0.1) is 0 Å². The van der Waals surface area contributed by atoms with Crippen LogP contribution in [0.5, 0.6) is 0 Å². The number of nitrogens with zero attached hydrogens (tertiary/aromatic N) is 3. The summed E-state index contributed by atoms with van der Waals surface area (Å²) in [5.41, 5.74) is 1.94. The van der Waals surface area contributed by atoms with Gasteiger partial charge < -0.3 is 4.74 Å². The Hall–Kier alpha value is -2.14. The van der Waals surface area contributed by atoms with E-state index in [4.69, 9.17) is 4.74 Å². The van der Waals surface area contributed by atoms with Gasteiger partial charge in [-0.3, -0.25) is 9.69 Å². The lowest BCUT2D eigenvalue weighted by Gasteiger charge is -2.13. The highest BCUT2D eigenvalue weighted by Crippen LogP contribution is 2.08. The van der Waals surface area contributed by atoms with E-state index in [1.165, 1.54) is 0 Å². The average molecular weight is 273 g/mol. The smallest absolute Gasteiger partial charge is 0.320 e. The summed E-state index contributed by atoms with van der Waals surface area (Å²) in [6.07, 6.45) is 1.92. The first-order valence-corrected chi connectivity index (χ1v) is 6.63. The van der Waals surface area contributed by atoms with E-state index in [9.17, 15) is 4.79 Å². The van der Waals surface area contributed by atoms with Gasteiger partial charge in [0.1, 0.15) is 0 Å². The van der Waals surface area contributed by atoms with Gasteiger partial charge in [-0.15, -0.1) is 0 Å². The molecule has 1 aromatic heterocycles. The van der Waals surface area contributed by atoms with Gasteiger partial charge in [0, 0.05) is 12.7 Å². The molecule has 0 N–H and O–H groups in total. The highest BCUT2D eigenvalue weighted by atomic mass is 16.5. The molecule has 0 spiro atoms. The van der Waals surface area contributed by atoms with E-state index in [2.05, 4.69) is 5.10 Å². The maximum atomic E-state index is 11.4. The van der Waals surface area contributed by atoms with Gasteiger partial charge >= 0.3 is 5.97 Å². The van der Waals surface area contributed by atoms with Crippen LogP contribution in [0.2, 0.25) is 0 Å². The second-order valence-electron chi connectivity index (χ2n) is 4.56. The SMILES string of the molecule is CCOC(=O)CN(C)Cc1ccn(-c2ccccc2)n1. The molecule has 0 aliphatic carbocycles. The lowest BCUT2D eigenvalue weighted by molar-refractivity contribution is -0.144. The quantitative estimate of drug-likeness (QED) is 0.754. The van der Waals surface area contributed by atoms with Crippen LogP contribution >= 0.6 is 0 Å². The Bertz CT molecular complexity index is 551. The maximum absolute atomic E-state index is 11.4. The van der Waals surface area contributed by atoms with Crippen molar-refractivity contribution in [2.24, 2.45) is 0 Å². The molecule has 0 bridgehead atoms. The van der Waals surface area contributed by atoms with Crippen molar-refractivity contribution in [3.05, 3.63) is 48.3 Å². The first-order valence-electron chi connectivity index (χ1n) is 6.63. The lowest BCUT2D eigenvalue weighted by atomic mass is 10.3. The largest absolute Gasteiger partial charge is 0.465 e. The maximum Gasteiger partial charge on any atom is 0.320 e. The standard InChI is InChI=1S/C15H19N3O2/c1-3-20-15(19)12-17(2)11-13-9-10-18(16-13)14-7-5-4-6-8-14/h4-10H,3,11-12H2,1-2H3. The Kier molecular flexibility index (Phi) is 4.90. The zero-order chi connectivity index (χ0) is 14.4. The Balaban J connectivity index is 1.94. The van der Waals surface area contributed by atoms with E-state index in [1.54, 1.807) is 6.92 Å². The Morgan fingerprint density at radius 1 is 1.30 bits per heavy atom. The van der Waals surface area contributed by atoms with Crippen LogP contribution in [-0.4, -0.2) is 40.8 Å². The van der Waals surface area contributed by atoms with E-state index in [0.717, 1.165) is 11.4 Å². The minimum atomic E-state index is -0.211. The van der Waals surface area contributed by atoms with Crippen molar-refractivity contribution in [2.45, 2.75) is 13.5 Å². The Morgan fingerprint density at radius 3 is 2.75 bits per heavy atom. The summed E-state index contributed by atoms with van der Waals surface area (Å²) >= 11 is 0. The van der Waals surface area contributed by atoms with Crippen LogP contribution in [0.25, 0.3) is 5.69 Å². The van der Waals surface area contributed by atoms with Gasteiger partial charge in [-0.25, -0.2) is 4.68 Å². The first kappa shape index (κ1) is 14.3. The van der Waals surface area contributed by atoms with Crippen LogP contribution < -0.4 is 0 Å². The highest BCUT2D eigenvalue weighted by Gasteiger charge is 2.09. The van der Waals surface area contributed by atoms with Gasteiger partial charge in [-0.1, -0.05) is 18.2 Å². The monoisotopic (exact) mass is 273 g/mol. The third-order valence-corrected chi connectivity index (χ3v) is 2.80. The number of ether oxygens (including phenoxy) is 1. The first-order chi connectivity index (χ1) is 9.69. The Labute approximate surface area is 118 Å². The average Bonchev–Trinajstić information content (AvgIpc) is 2.88. The molecule has 0 atom stereocenters. The second-order valence-corrected chi connectivity index (χ2v) is 4.56. The van der Waals surface area contributed by atoms with Crippen molar-refractivity contribution in [1.82, 2.24) is 14.7 Å². The molecule has 0 unspecified atom stereocenters. The van der Waals surface area contributed by atoms with Gasteiger partial charge in [0.25, 0.3) is 0 Å². The predicted octanol–water partition coefficient (Wildman–Crippen LogP) is 1.87. The summed E-state index contributed by atoms with van der Waals surface area (Å²) in [4.78, 5) is 13.3. The van der Waals surface area contributed by atoms with Crippen molar-refractivity contribution in [1.29, 1.82) is 0 Å². The van der Waals surface area contributed by atoms with Crippen molar-refractivity contribution < 1.29 is 9.53 Å². The third kappa shape index (κ3) is 3.93. The second kappa shape index (κ2) is 6.86. The van der Waals surface area contributed by atoms with Crippen LogP contribution in [0.3, 0.4) is 0 Å². The molecule has 0 saturated carbocycles. The molecular formula is C15H19N3O2. The molecule has 0 radical (unpaired) electrons. The molecule has 0 aliphatic heterocycles. The molecular weight excluding hydrogens is 254 g/mol. The molecule has 20 heavy (non-hydrogen) atoms. The predicted molar refractivity (Wildman–Crippen MR) is 76.5 cm³/mol. The number of benzene rings is 1. The number of rotatable bonds is 6. The molecule has 0 amide bonds. The molecule has 5 heteroatoms. The summed E-state index contributed by atoms with van der Waals surface area (Å²) in [6.45, 7) is 3.10. The van der Waals surface area contributed by atoms with E-state index in [0.29, 0.717) is 13.2 Å². The topological polar surface area (TPSA) is 47.4 Å². The summed E-state index contributed by atoms with van der Waals surface area (Å²) in [6, 6.07) is 11.9. The highest BCUT2D eigenvalue weighted by molar-refractivity contribution is 5.71. The number of para-hydroxylation sites is 1. The molecule has 1 heterocycles. The number of carbonyl (C=O) groups excluding carboxylic acids is 1. The molecule has 2 rings (SSSR count). The van der Waals surface area contributed by atoms with Crippen LogP contribution in [0.4, 0.5) is 0 Å². The van der Waals surface area contributed by atoms with Gasteiger partial charge in [-0.05, 0) is 32.2 Å². The number of likely N-dealkylation sites (N-methyl/N-ethyl adjacent to an activating group) is 1. The van der Waals surface area contributed by atoms with Gasteiger partial charge in [0.2, 0.25) is 0 Å². The van der Waals surface area contributed by atoms with Crippen molar-refractivity contribution in [3.8, 4) is 5.69 Å². The molecule has 106 valence electrons. The van der Waals surface area contributed by atoms with Crippen LogP contribution in [0.1, 0.15) is 12.6 Å². The van der Waals surface area contributed by atoms with Crippen LogP contribution in [-0.2, 0) is 16.1 Å². The van der Waals surface area contributed by atoms with E-state index >= 15 is 0 Å². The Morgan fingerprint density at radius 2 is 2.05 bits per heavy atom. The zero-order valence-corrected chi connectivity index (χ0v) is 11.8. The molecule has 0 fully saturated rings. The normalized spacial score (nSPS) is 10.8. The number of carbonyl (C=O) groups is 1. The minimum absolute atomic E-state index is 0.211.